The van der Waals surface area contributed by atoms with Crippen molar-refractivity contribution in [1.29, 1.82) is 0 Å². The highest BCUT2D eigenvalue weighted by Gasteiger charge is 2.42. The number of likely N-dealkylation sites (tertiary alicyclic amines) is 1. The molecule has 0 saturated carbocycles. The number of anilines is 2. The van der Waals surface area contributed by atoms with Gasteiger partial charge in [0, 0.05) is 26.6 Å². The molecule has 0 bridgehead atoms. The highest BCUT2D eigenvalue weighted by atomic mass is 19.1. The van der Waals surface area contributed by atoms with Crippen LogP contribution in [0.2, 0.25) is 0 Å². The molecule has 5 rings (SSSR count). The van der Waals surface area contributed by atoms with Crippen molar-refractivity contribution in [2.24, 2.45) is 5.92 Å². The molecular formula is C26H28F2N4O4. The zero-order valence-corrected chi connectivity index (χ0v) is 20.0. The molecule has 10 heteroatoms. The van der Waals surface area contributed by atoms with E-state index < -0.39 is 23.8 Å². The van der Waals surface area contributed by atoms with Crippen LogP contribution in [-0.4, -0.2) is 67.7 Å². The van der Waals surface area contributed by atoms with Crippen LogP contribution in [0.3, 0.4) is 0 Å². The molecule has 3 amide bonds. The van der Waals surface area contributed by atoms with Gasteiger partial charge < -0.3 is 19.9 Å². The number of nitrogens with one attached hydrogen (secondary N) is 1. The molecule has 0 aliphatic carbocycles. The molecule has 2 aromatic rings. The number of rotatable bonds is 5. The minimum Gasteiger partial charge on any atom is -0.442 e. The summed E-state index contributed by atoms with van der Waals surface area (Å²) in [5, 5.41) is 2.61. The van der Waals surface area contributed by atoms with E-state index in [1.165, 1.54) is 30.0 Å². The summed E-state index contributed by atoms with van der Waals surface area (Å²) in [4.78, 5) is 41.5. The van der Waals surface area contributed by atoms with Crippen LogP contribution < -0.4 is 15.1 Å². The first kappa shape index (κ1) is 24.0. The molecule has 0 radical (unpaired) electrons. The van der Waals surface area contributed by atoms with Crippen molar-refractivity contribution in [3.8, 4) is 0 Å². The quantitative estimate of drug-likeness (QED) is 0.685. The second-order valence-electron chi connectivity index (χ2n) is 9.54. The summed E-state index contributed by atoms with van der Waals surface area (Å²) in [6.45, 7) is 3.36. The van der Waals surface area contributed by atoms with Crippen LogP contribution in [0.1, 0.15) is 30.1 Å². The number of ether oxygens (including phenoxy) is 1. The normalized spacial score (nSPS) is 23.5. The molecular weight excluding hydrogens is 470 g/mol. The van der Waals surface area contributed by atoms with E-state index in [1.807, 2.05) is 4.90 Å². The molecule has 0 unspecified atom stereocenters. The van der Waals surface area contributed by atoms with Crippen LogP contribution in [0, 0.1) is 17.6 Å². The van der Waals surface area contributed by atoms with Crippen LogP contribution in [0.4, 0.5) is 25.0 Å². The molecule has 0 spiro atoms. The van der Waals surface area contributed by atoms with Crippen molar-refractivity contribution in [2.75, 3.05) is 42.5 Å². The Balaban J connectivity index is 1.29. The Kier molecular flexibility index (Phi) is 6.51. The molecule has 0 aromatic heterocycles. The van der Waals surface area contributed by atoms with E-state index >= 15 is 4.39 Å². The van der Waals surface area contributed by atoms with Gasteiger partial charge in [-0.3, -0.25) is 14.5 Å². The third-order valence-electron chi connectivity index (χ3n) is 7.18. The Hall–Kier alpha value is -3.69. The molecule has 3 heterocycles. The summed E-state index contributed by atoms with van der Waals surface area (Å²) in [7, 11) is 0. The summed E-state index contributed by atoms with van der Waals surface area (Å²) < 4.78 is 34.8. The van der Waals surface area contributed by atoms with E-state index in [0.717, 1.165) is 12.8 Å². The number of fused-ring (bicyclic) bond motifs is 1. The van der Waals surface area contributed by atoms with Gasteiger partial charge in [-0.2, -0.15) is 0 Å². The van der Waals surface area contributed by atoms with Crippen molar-refractivity contribution < 1.29 is 27.9 Å². The third-order valence-corrected chi connectivity index (χ3v) is 7.18. The Morgan fingerprint density at radius 3 is 2.64 bits per heavy atom. The number of hydrogen-bond donors (Lipinski definition) is 1. The number of amides is 3. The third kappa shape index (κ3) is 4.59. The maximum atomic E-state index is 15.3. The van der Waals surface area contributed by atoms with Gasteiger partial charge in [-0.25, -0.2) is 13.6 Å². The fourth-order valence-corrected chi connectivity index (χ4v) is 5.44. The summed E-state index contributed by atoms with van der Waals surface area (Å²) >= 11 is 0. The molecule has 3 aliphatic heterocycles. The Morgan fingerprint density at radius 1 is 1.08 bits per heavy atom. The van der Waals surface area contributed by atoms with E-state index in [-0.39, 0.29) is 42.4 Å². The second kappa shape index (κ2) is 9.75. The van der Waals surface area contributed by atoms with E-state index in [1.54, 1.807) is 29.2 Å². The number of benzene rings is 2. The summed E-state index contributed by atoms with van der Waals surface area (Å²) in [6.07, 6.45) is 0.626. The molecule has 1 N–H and O–H groups in total. The molecule has 3 atom stereocenters. The lowest BCUT2D eigenvalue weighted by Gasteiger charge is -2.37. The van der Waals surface area contributed by atoms with Gasteiger partial charge in [0.25, 0.3) is 5.91 Å². The van der Waals surface area contributed by atoms with E-state index in [4.69, 9.17) is 4.74 Å². The number of cyclic esters (lactones) is 1. The van der Waals surface area contributed by atoms with Crippen molar-refractivity contribution in [3.05, 3.63) is 59.7 Å². The van der Waals surface area contributed by atoms with Gasteiger partial charge in [0.1, 0.15) is 17.7 Å². The first-order chi connectivity index (χ1) is 17.3. The van der Waals surface area contributed by atoms with E-state index in [2.05, 4.69) is 5.32 Å². The lowest BCUT2D eigenvalue weighted by atomic mass is 9.91. The zero-order chi connectivity index (χ0) is 25.4. The van der Waals surface area contributed by atoms with Crippen molar-refractivity contribution in [2.45, 2.75) is 31.9 Å². The van der Waals surface area contributed by atoms with E-state index in [9.17, 15) is 18.8 Å². The standard InChI is InChI=1S/C26H28F2N4O4/c1-16(33)29-12-19-14-32(26(35)36-19)18-8-9-23(22(28)11-18)30-13-17-5-4-10-31(24(17)15-30)25(34)20-6-2-3-7-21(20)27/h2-3,6-9,11,17,19,24H,4-5,10,12-15H2,1H3,(H,29,33)/t17-,19+,24+/m1/s1. The van der Waals surface area contributed by atoms with Crippen molar-refractivity contribution in [1.82, 2.24) is 10.2 Å². The highest BCUT2D eigenvalue weighted by molar-refractivity contribution is 5.95. The average molecular weight is 499 g/mol. The molecule has 3 fully saturated rings. The predicted molar refractivity (Wildman–Crippen MR) is 129 cm³/mol. The number of carbonyl (C=O) groups is 3. The zero-order valence-electron chi connectivity index (χ0n) is 20.0. The van der Waals surface area contributed by atoms with Crippen LogP contribution in [0.15, 0.2) is 42.5 Å². The van der Waals surface area contributed by atoms with Gasteiger partial charge in [0.05, 0.1) is 36.1 Å². The van der Waals surface area contributed by atoms with Gasteiger partial charge in [-0.15, -0.1) is 0 Å². The number of nitrogens with zero attached hydrogens (tertiary/aromatic N) is 3. The van der Waals surface area contributed by atoms with Gasteiger partial charge in [-0.1, -0.05) is 12.1 Å². The second-order valence-corrected chi connectivity index (χ2v) is 9.54. The molecule has 3 aliphatic rings. The van der Waals surface area contributed by atoms with Crippen LogP contribution in [0.5, 0.6) is 0 Å². The molecule has 2 aromatic carbocycles. The molecule has 190 valence electrons. The van der Waals surface area contributed by atoms with Crippen LogP contribution in [0.25, 0.3) is 0 Å². The van der Waals surface area contributed by atoms with E-state index in [0.29, 0.717) is 31.0 Å². The minimum absolute atomic E-state index is 0.0569. The Bertz CT molecular complexity index is 1190. The lowest BCUT2D eigenvalue weighted by molar-refractivity contribution is -0.119. The number of carbonyl (C=O) groups excluding carboxylic acids is 3. The smallest absolute Gasteiger partial charge is 0.414 e. The minimum atomic E-state index is -0.591. The van der Waals surface area contributed by atoms with Crippen molar-refractivity contribution >= 4 is 29.3 Å². The summed E-state index contributed by atoms with van der Waals surface area (Å²) in [6, 6.07) is 10.5. The Morgan fingerprint density at radius 2 is 1.89 bits per heavy atom. The summed E-state index contributed by atoms with van der Waals surface area (Å²) in [5.41, 5.74) is 0.829. The van der Waals surface area contributed by atoms with Crippen molar-refractivity contribution in [3.63, 3.8) is 0 Å². The monoisotopic (exact) mass is 498 g/mol. The van der Waals surface area contributed by atoms with Crippen LogP contribution in [-0.2, 0) is 9.53 Å². The largest absolute Gasteiger partial charge is 0.442 e. The fraction of sp³-hybridized carbons (Fsp3) is 0.423. The highest BCUT2D eigenvalue weighted by Crippen LogP contribution is 2.36. The number of hydrogen-bond acceptors (Lipinski definition) is 5. The Labute approximate surface area is 207 Å². The maximum absolute atomic E-state index is 15.3. The molecule has 36 heavy (non-hydrogen) atoms. The number of halogens is 2. The topological polar surface area (TPSA) is 82.2 Å². The van der Waals surface area contributed by atoms with Crippen LogP contribution >= 0.6 is 0 Å². The van der Waals surface area contributed by atoms with Gasteiger partial charge >= 0.3 is 6.09 Å². The van der Waals surface area contributed by atoms with Gasteiger partial charge in [0.2, 0.25) is 5.91 Å². The average Bonchev–Trinajstić information content (AvgIpc) is 3.45. The predicted octanol–water partition coefficient (Wildman–Crippen LogP) is 3.17. The van der Waals surface area contributed by atoms with Gasteiger partial charge in [-0.05, 0) is 49.1 Å². The lowest BCUT2D eigenvalue weighted by Crippen LogP contribution is -2.48. The maximum Gasteiger partial charge on any atom is 0.414 e. The molecule has 3 saturated heterocycles. The first-order valence-corrected chi connectivity index (χ1v) is 12.1. The summed E-state index contributed by atoms with van der Waals surface area (Å²) in [5.74, 6) is -1.41. The van der Waals surface area contributed by atoms with Gasteiger partial charge in [0.15, 0.2) is 0 Å². The first-order valence-electron chi connectivity index (χ1n) is 12.1. The molecule has 8 nitrogen and oxygen atoms in total. The fourth-order valence-electron chi connectivity index (χ4n) is 5.44. The number of piperidine rings is 1. The SMILES string of the molecule is CC(=O)NC[C@H]1CN(c2ccc(N3C[C@H]4CCCN(C(=O)c5ccccc5F)[C@H]4C3)c(F)c2)C(=O)O1.